The smallest absolute Gasteiger partial charge is 0.240 e. The van der Waals surface area contributed by atoms with Crippen LogP contribution in [0.15, 0.2) is 71.9 Å². The van der Waals surface area contributed by atoms with Crippen molar-refractivity contribution in [2.24, 2.45) is 0 Å². The Labute approximate surface area is 152 Å². The molecule has 1 N–H and O–H groups in total. The number of halogens is 1. The van der Waals surface area contributed by atoms with Crippen molar-refractivity contribution in [3.63, 3.8) is 0 Å². The fourth-order valence-corrected chi connectivity index (χ4v) is 3.69. The molecule has 25 heavy (non-hydrogen) atoms. The highest BCUT2D eigenvalue weighted by Crippen LogP contribution is 2.17. The van der Waals surface area contributed by atoms with E-state index in [4.69, 9.17) is 11.6 Å². The van der Waals surface area contributed by atoms with Gasteiger partial charge in [0.25, 0.3) is 0 Å². The van der Waals surface area contributed by atoms with Crippen molar-refractivity contribution in [2.45, 2.75) is 17.9 Å². The highest BCUT2D eigenvalue weighted by molar-refractivity contribution is 7.89. The lowest BCUT2D eigenvalue weighted by atomic mass is 10.2. The minimum absolute atomic E-state index is 0.213. The molecule has 5 nitrogen and oxygen atoms in total. The van der Waals surface area contributed by atoms with Crippen molar-refractivity contribution in [3.8, 4) is 11.4 Å². The molecule has 3 rings (SSSR count). The maximum absolute atomic E-state index is 12.2. The maximum atomic E-state index is 12.2. The predicted molar refractivity (Wildman–Crippen MR) is 98.9 cm³/mol. The molecule has 0 bridgehead atoms. The van der Waals surface area contributed by atoms with E-state index in [9.17, 15) is 8.42 Å². The lowest BCUT2D eigenvalue weighted by Gasteiger charge is -2.09. The molecule has 0 spiro atoms. The summed E-state index contributed by atoms with van der Waals surface area (Å²) in [6, 6.07) is 16.0. The van der Waals surface area contributed by atoms with Crippen LogP contribution in [-0.4, -0.2) is 24.5 Å². The molecule has 0 unspecified atom stereocenters. The highest BCUT2D eigenvalue weighted by Gasteiger charge is 2.13. The van der Waals surface area contributed by atoms with E-state index in [1.54, 1.807) is 18.3 Å². The van der Waals surface area contributed by atoms with Gasteiger partial charge in [0, 0.05) is 36.1 Å². The van der Waals surface area contributed by atoms with Gasteiger partial charge in [-0.05, 0) is 30.7 Å². The number of imidazole rings is 1. The van der Waals surface area contributed by atoms with Crippen molar-refractivity contribution in [1.82, 2.24) is 14.3 Å². The summed E-state index contributed by atoms with van der Waals surface area (Å²) in [5.41, 5.74) is 1.04. The van der Waals surface area contributed by atoms with Crippen molar-refractivity contribution >= 4 is 21.6 Å². The van der Waals surface area contributed by atoms with Crippen LogP contribution in [0.4, 0.5) is 0 Å². The minimum Gasteiger partial charge on any atom is -0.331 e. The number of hydrogen-bond donors (Lipinski definition) is 1. The molecule has 130 valence electrons. The molecule has 3 aromatic rings. The number of benzene rings is 2. The van der Waals surface area contributed by atoms with Gasteiger partial charge in [0.1, 0.15) is 5.82 Å². The van der Waals surface area contributed by atoms with E-state index < -0.39 is 10.0 Å². The van der Waals surface area contributed by atoms with E-state index in [0.29, 0.717) is 24.5 Å². The number of sulfonamides is 1. The largest absolute Gasteiger partial charge is 0.331 e. The Morgan fingerprint density at radius 3 is 2.48 bits per heavy atom. The number of nitrogens with one attached hydrogen (secondary N) is 1. The summed E-state index contributed by atoms with van der Waals surface area (Å²) >= 11 is 5.79. The Morgan fingerprint density at radius 1 is 1.04 bits per heavy atom. The number of hydrogen-bond acceptors (Lipinski definition) is 3. The number of aromatic nitrogens is 2. The van der Waals surface area contributed by atoms with Gasteiger partial charge in [-0.2, -0.15) is 0 Å². The van der Waals surface area contributed by atoms with Crippen LogP contribution in [0.3, 0.4) is 0 Å². The van der Waals surface area contributed by atoms with E-state index in [1.807, 2.05) is 41.1 Å². The lowest BCUT2D eigenvalue weighted by Crippen LogP contribution is -2.25. The summed E-state index contributed by atoms with van der Waals surface area (Å²) in [5, 5.41) is 0.507. The average Bonchev–Trinajstić information content (AvgIpc) is 3.08. The van der Waals surface area contributed by atoms with Gasteiger partial charge in [0.15, 0.2) is 0 Å². The number of aryl methyl sites for hydroxylation is 1. The lowest BCUT2D eigenvalue weighted by molar-refractivity contribution is 0.570. The molecule has 0 fully saturated rings. The van der Waals surface area contributed by atoms with Crippen LogP contribution in [0.1, 0.15) is 6.42 Å². The molecule has 0 aliphatic heterocycles. The van der Waals surface area contributed by atoms with Crippen molar-refractivity contribution < 1.29 is 8.42 Å². The highest BCUT2D eigenvalue weighted by atomic mass is 35.5. The first-order valence-electron chi connectivity index (χ1n) is 7.88. The summed E-state index contributed by atoms with van der Waals surface area (Å²) in [6.45, 7) is 1.02. The Hall–Kier alpha value is -2.15. The molecule has 7 heteroatoms. The molecule has 0 aliphatic rings. The third-order valence-electron chi connectivity index (χ3n) is 3.74. The van der Waals surface area contributed by atoms with Crippen LogP contribution in [0.2, 0.25) is 5.02 Å². The van der Waals surface area contributed by atoms with Gasteiger partial charge in [0.2, 0.25) is 10.0 Å². The molecular weight excluding hydrogens is 358 g/mol. The van der Waals surface area contributed by atoms with Gasteiger partial charge < -0.3 is 4.57 Å². The van der Waals surface area contributed by atoms with Crippen LogP contribution >= 0.6 is 11.6 Å². The van der Waals surface area contributed by atoms with Crippen LogP contribution in [0, 0.1) is 0 Å². The number of rotatable bonds is 7. The van der Waals surface area contributed by atoms with E-state index in [1.165, 1.54) is 12.1 Å². The van der Waals surface area contributed by atoms with Gasteiger partial charge in [-0.1, -0.05) is 41.9 Å². The van der Waals surface area contributed by atoms with Crippen molar-refractivity contribution in [1.29, 1.82) is 0 Å². The van der Waals surface area contributed by atoms with Crippen LogP contribution in [0.5, 0.6) is 0 Å². The molecule has 2 aromatic carbocycles. The second-order valence-corrected chi connectivity index (χ2v) is 7.72. The second-order valence-electron chi connectivity index (χ2n) is 5.52. The monoisotopic (exact) mass is 375 g/mol. The Kier molecular flexibility index (Phi) is 5.53. The van der Waals surface area contributed by atoms with E-state index in [2.05, 4.69) is 9.71 Å². The summed E-state index contributed by atoms with van der Waals surface area (Å²) in [5.74, 6) is 0.876. The van der Waals surface area contributed by atoms with E-state index >= 15 is 0 Å². The van der Waals surface area contributed by atoms with Crippen molar-refractivity contribution in [2.75, 3.05) is 6.54 Å². The van der Waals surface area contributed by atoms with Crippen LogP contribution in [-0.2, 0) is 16.6 Å². The third kappa shape index (κ3) is 4.48. The van der Waals surface area contributed by atoms with Gasteiger partial charge >= 0.3 is 0 Å². The first kappa shape index (κ1) is 17.7. The zero-order chi connectivity index (χ0) is 17.7. The molecule has 1 aromatic heterocycles. The van der Waals surface area contributed by atoms with E-state index in [-0.39, 0.29) is 4.90 Å². The molecule has 0 saturated carbocycles. The van der Waals surface area contributed by atoms with Gasteiger partial charge in [0.05, 0.1) is 4.90 Å². The average molecular weight is 376 g/mol. The number of nitrogens with zero attached hydrogens (tertiary/aromatic N) is 2. The quantitative estimate of drug-likeness (QED) is 0.642. The first-order valence-corrected chi connectivity index (χ1v) is 9.74. The Balaban J connectivity index is 1.58. The Bertz CT molecular complexity index is 922. The molecule has 1 heterocycles. The zero-order valence-electron chi connectivity index (χ0n) is 13.5. The van der Waals surface area contributed by atoms with Crippen molar-refractivity contribution in [3.05, 3.63) is 72.0 Å². The normalized spacial score (nSPS) is 11.6. The van der Waals surface area contributed by atoms with Gasteiger partial charge in [-0.3, -0.25) is 0 Å². The molecule has 0 aliphatic carbocycles. The first-order chi connectivity index (χ1) is 12.1. The second kappa shape index (κ2) is 7.82. The fraction of sp³-hybridized carbons (Fsp3) is 0.167. The molecule has 0 radical (unpaired) electrons. The molecular formula is C18H18ClN3O2S. The maximum Gasteiger partial charge on any atom is 0.240 e. The SMILES string of the molecule is O=S(=O)(NCCCn1ccnc1-c1ccccc1)c1ccc(Cl)cc1. The minimum atomic E-state index is -3.51. The summed E-state index contributed by atoms with van der Waals surface area (Å²) in [4.78, 5) is 4.59. The topological polar surface area (TPSA) is 64.0 Å². The van der Waals surface area contributed by atoms with Crippen LogP contribution < -0.4 is 4.72 Å². The third-order valence-corrected chi connectivity index (χ3v) is 5.47. The molecule has 0 amide bonds. The Morgan fingerprint density at radius 2 is 1.76 bits per heavy atom. The summed E-state index contributed by atoms with van der Waals surface area (Å²) in [7, 11) is -3.51. The van der Waals surface area contributed by atoms with Crippen LogP contribution in [0.25, 0.3) is 11.4 Å². The van der Waals surface area contributed by atoms with Gasteiger partial charge in [-0.15, -0.1) is 0 Å². The van der Waals surface area contributed by atoms with Gasteiger partial charge in [-0.25, -0.2) is 18.1 Å². The fourth-order valence-electron chi connectivity index (χ4n) is 2.49. The standard InChI is InChI=1S/C18H18ClN3O2S/c19-16-7-9-17(10-8-16)25(23,24)21-11-4-13-22-14-12-20-18(22)15-5-2-1-3-6-15/h1-3,5-10,12,14,21H,4,11,13H2. The van der Waals surface area contributed by atoms with E-state index in [0.717, 1.165) is 11.4 Å². The summed E-state index contributed by atoms with van der Waals surface area (Å²) in [6.07, 6.45) is 4.30. The zero-order valence-corrected chi connectivity index (χ0v) is 15.0. The summed E-state index contributed by atoms with van der Waals surface area (Å²) < 4.78 is 29.1. The predicted octanol–water partition coefficient (Wildman–Crippen LogP) is 3.57. The molecule has 0 saturated heterocycles. The molecule has 0 atom stereocenters.